The third-order valence-electron chi connectivity index (χ3n) is 0.884. The van der Waals surface area contributed by atoms with E-state index in [1.54, 1.807) is 0 Å². The fourth-order valence-corrected chi connectivity index (χ4v) is 0.431. The number of rotatable bonds is 3. The lowest BCUT2D eigenvalue weighted by Gasteiger charge is -2.22. The fourth-order valence-electron chi connectivity index (χ4n) is 0.284. The topological polar surface area (TPSA) is 29.1 Å². The maximum atomic E-state index is 12.2. The van der Waals surface area contributed by atoms with Crippen molar-refractivity contribution in [3.05, 3.63) is 0 Å². The minimum Gasteiger partial charge on any atom is -0.285 e. The van der Waals surface area contributed by atoms with Crippen molar-refractivity contribution >= 4 is 33.4 Å². The molecule has 84 valence electrons. The zero-order valence-corrected chi connectivity index (χ0v) is 8.27. The van der Waals surface area contributed by atoms with Crippen molar-refractivity contribution in [2.45, 2.75) is 16.3 Å². The average Bonchev–Trinajstić information content (AvgIpc) is 1.80. The maximum Gasteiger partial charge on any atom is 0.399 e. The number of hydrogen-bond donors (Lipinski definition) is 1. The number of hydrogen-bond acceptors (Lipinski definition) is 1. The van der Waals surface area contributed by atoms with Crippen molar-refractivity contribution in [1.29, 1.82) is 0 Å². The van der Waals surface area contributed by atoms with Gasteiger partial charge >= 0.3 is 22.2 Å². The molecule has 2 nitrogen and oxygen atoms in total. The summed E-state index contributed by atoms with van der Waals surface area (Å²) >= 11 is 5.21. The lowest BCUT2D eigenvalue weighted by atomic mass is 10.5. The zero-order valence-electron chi connectivity index (χ0n) is 5.93. The molecule has 0 aromatic heterocycles. The van der Waals surface area contributed by atoms with E-state index in [1.165, 1.54) is 15.9 Å². The van der Waals surface area contributed by atoms with Gasteiger partial charge in [0.2, 0.25) is 0 Å². The summed E-state index contributed by atoms with van der Waals surface area (Å²) < 4.78 is 71.8. The van der Waals surface area contributed by atoms with Crippen molar-refractivity contribution in [2.75, 3.05) is 0 Å². The number of carbonyl (C=O) groups is 1. The number of amides is 1. The molecule has 0 heterocycles. The summed E-state index contributed by atoms with van der Waals surface area (Å²) in [6.45, 7) is 0. The van der Waals surface area contributed by atoms with Crippen molar-refractivity contribution in [1.82, 2.24) is 5.32 Å². The van der Waals surface area contributed by atoms with Gasteiger partial charge in [0.25, 0.3) is 0 Å². The first-order valence-electron chi connectivity index (χ1n) is 2.72. The number of halogens is 8. The molecule has 0 spiro atoms. The van der Waals surface area contributed by atoms with Gasteiger partial charge in [-0.3, -0.25) is 10.1 Å². The highest BCUT2D eigenvalue weighted by Gasteiger charge is 2.58. The first kappa shape index (κ1) is 13.8. The monoisotopic (exact) mass is 307 g/mol. The molecule has 0 fully saturated rings. The Labute approximate surface area is 86.7 Å². The van der Waals surface area contributed by atoms with E-state index in [4.69, 9.17) is 0 Å². The minimum atomic E-state index is -5.16. The van der Waals surface area contributed by atoms with Crippen LogP contribution in [-0.4, -0.2) is 22.2 Å². The van der Waals surface area contributed by atoms with E-state index in [2.05, 4.69) is 11.6 Å². The van der Waals surface area contributed by atoms with Crippen LogP contribution in [0.25, 0.3) is 0 Å². The summed E-state index contributed by atoms with van der Waals surface area (Å²) in [5, 5.41) is -4.59. The molecule has 0 saturated heterocycles. The highest BCUT2D eigenvalue weighted by molar-refractivity contribution is 9.10. The maximum absolute atomic E-state index is 12.2. The van der Waals surface area contributed by atoms with Gasteiger partial charge in [0.1, 0.15) is 0 Å². The van der Waals surface area contributed by atoms with Crippen molar-refractivity contribution in [3.63, 3.8) is 0 Å². The number of alkyl halides is 8. The normalized spacial score (nSPS) is 14.0. The van der Waals surface area contributed by atoms with Crippen LogP contribution < -0.4 is 5.32 Å². The molecule has 1 amide bonds. The Morgan fingerprint density at radius 3 is 1.71 bits per heavy atom. The summed E-state index contributed by atoms with van der Waals surface area (Å²) in [6, 6.07) is -5.16. The van der Waals surface area contributed by atoms with Gasteiger partial charge < -0.3 is 0 Å². The zero-order chi connectivity index (χ0) is 11.8. The summed E-state index contributed by atoms with van der Waals surface area (Å²) in [7, 11) is 0. The Kier molecular flexibility index (Phi) is 3.71. The van der Waals surface area contributed by atoms with Crippen LogP contribution in [0.3, 0.4) is 0 Å². The van der Waals surface area contributed by atoms with Crippen LogP contribution >= 0.6 is 27.5 Å². The quantitative estimate of drug-likeness (QED) is 0.484. The van der Waals surface area contributed by atoms with Crippen LogP contribution in [0.2, 0.25) is 0 Å². The smallest absolute Gasteiger partial charge is 0.285 e. The summed E-state index contributed by atoms with van der Waals surface area (Å²) in [5.74, 6) is -2.72. The standard InChI is InChI=1S/C4HBrClF6NO/c5-3(9,10)4(11,12)13-1(14)2(6,7)8/h(H,13,14). The van der Waals surface area contributed by atoms with Crippen molar-refractivity contribution < 1.29 is 31.1 Å². The van der Waals surface area contributed by atoms with Crippen molar-refractivity contribution in [2.24, 2.45) is 0 Å². The molecule has 0 aliphatic rings. The molecule has 14 heavy (non-hydrogen) atoms. The van der Waals surface area contributed by atoms with Crippen LogP contribution in [0.1, 0.15) is 0 Å². The Bertz CT molecular complexity index is 235. The molecule has 0 atom stereocenters. The molecule has 0 aliphatic heterocycles. The first-order valence-corrected chi connectivity index (χ1v) is 3.89. The van der Waals surface area contributed by atoms with Gasteiger partial charge in [-0.05, 0) is 27.5 Å². The second-order valence-corrected chi connectivity index (χ2v) is 3.49. The van der Waals surface area contributed by atoms with Gasteiger partial charge in [-0.1, -0.05) is 0 Å². The second-order valence-electron chi connectivity index (χ2n) is 2.02. The van der Waals surface area contributed by atoms with Crippen LogP contribution in [0, 0.1) is 0 Å². The largest absolute Gasteiger partial charge is 0.399 e. The van der Waals surface area contributed by atoms with Crippen LogP contribution in [0.5, 0.6) is 0 Å². The van der Waals surface area contributed by atoms with E-state index < -0.39 is 22.2 Å². The Balaban J connectivity index is 4.62. The van der Waals surface area contributed by atoms with Gasteiger partial charge in [-0.15, -0.1) is 0 Å². The molecular weight excluding hydrogens is 307 g/mol. The molecule has 0 aromatic carbocycles. The van der Waals surface area contributed by atoms with Gasteiger partial charge in [0, 0.05) is 0 Å². The van der Waals surface area contributed by atoms with E-state index in [-0.39, 0.29) is 5.32 Å². The predicted molar refractivity (Wildman–Crippen MR) is 37.8 cm³/mol. The van der Waals surface area contributed by atoms with Crippen LogP contribution in [-0.2, 0) is 4.79 Å². The van der Waals surface area contributed by atoms with Gasteiger partial charge in [-0.25, -0.2) is 0 Å². The minimum absolute atomic E-state index is 0.0851. The Hall–Kier alpha value is -0.180. The van der Waals surface area contributed by atoms with E-state index in [0.29, 0.717) is 0 Å². The van der Waals surface area contributed by atoms with Crippen LogP contribution in [0.15, 0.2) is 0 Å². The van der Waals surface area contributed by atoms with Crippen LogP contribution in [0.4, 0.5) is 26.3 Å². The highest BCUT2D eigenvalue weighted by atomic mass is 79.9. The molecule has 0 aliphatic carbocycles. The Morgan fingerprint density at radius 1 is 1.14 bits per heavy atom. The lowest BCUT2D eigenvalue weighted by molar-refractivity contribution is -0.183. The fraction of sp³-hybridized carbons (Fsp3) is 0.750. The van der Waals surface area contributed by atoms with Gasteiger partial charge in [-0.2, -0.15) is 26.3 Å². The molecule has 0 radical (unpaired) electrons. The van der Waals surface area contributed by atoms with E-state index >= 15 is 0 Å². The van der Waals surface area contributed by atoms with Crippen molar-refractivity contribution in [3.8, 4) is 0 Å². The lowest BCUT2D eigenvalue weighted by Crippen LogP contribution is -2.54. The molecule has 0 rings (SSSR count). The van der Waals surface area contributed by atoms with Gasteiger partial charge in [0.15, 0.2) is 0 Å². The summed E-state index contributed by atoms with van der Waals surface area (Å²) in [4.78, 5) is 5.25. The van der Waals surface area contributed by atoms with E-state index in [9.17, 15) is 31.1 Å². The number of nitrogens with one attached hydrogen (secondary N) is 1. The first-order chi connectivity index (χ1) is 5.88. The molecule has 0 aromatic rings. The second kappa shape index (κ2) is 3.76. The molecule has 0 bridgehead atoms. The number of carbonyl (C=O) groups excluding carboxylic acids is 1. The van der Waals surface area contributed by atoms with E-state index in [1.807, 2.05) is 0 Å². The molecule has 0 saturated carbocycles. The molecular formula is C4HBrClF6NO. The molecule has 1 N–H and O–H groups in total. The average molecular weight is 308 g/mol. The Morgan fingerprint density at radius 2 is 1.50 bits per heavy atom. The van der Waals surface area contributed by atoms with E-state index in [0.717, 1.165) is 0 Å². The third kappa shape index (κ3) is 3.52. The third-order valence-corrected chi connectivity index (χ3v) is 1.55. The summed E-state index contributed by atoms with van der Waals surface area (Å²) in [6.07, 6.45) is 0. The predicted octanol–water partition coefficient (Wildman–Crippen LogP) is 2.51. The molecule has 0 unspecified atom stereocenters. The van der Waals surface area contributed by atoms with Gasteiger partial charge in [0.05, 0.1) is 0 Å². The molecule has 10 heteroatoms. The SMILES string of the molecule is O=C(NC(F)(F)C(F)(F)Br)C(F)(F)Cl. The highest BCUT2D eigenvalue weighted by Crippen LogP contribution is 2.38. The summed E-state index contributed by atoms with van der Waals surface area (Å²) in [5.41, 5.74) is 0.